The molecule has 0 aliphatic heterocycles. The zero-order valence-electron chi connectivity index (χ0n) is 12.4. The van der Waals surface area contributed by atoms with Gasteiger partial charge >= 0.3 is 5.97 Å². The number of carboxylic acids is 1. The van der Waals surface area contributed by atoms with Crippen LogP contribution in [0.25, 0.3) is 0 Å². The molecular weight excluding hydrogens is 264 g/mol. The Kier molecular flexibility index (Phi) is 4.93. The van der Waals surface area contributed by atoms with E-state index in [1.54, 1.807) is 12.1 Å². The molecule has 0 amide bonds. The number of carbonyl (C=O) groups is 1. The molecule has 2 N–H and O–H groups in total. The SMILES string of the molecule is CCc1cc(C(=O)O)cc(NCc2ccccc2CC)n1. The lowest BCUT2D eigenvalue weighted by atomic mass is 10.1. The van der Waals surface area contributed by atoms with Gasteiger partial charge in [-0.3, -0.25) is 0 Å². The molecule has 0 fully saturated rings. The summed E-state index contributed by atoms with van der Waals surface area (Å²) in [6.07, 6.45) is 1.68. The minimum Gasteiger partial charge on any atom is -0.478 e. The highest BCUT2D eigenvalue weighted by Crippen LogP contribution is 2.15. The monoisotopic (exact) mass is 284 g/mol. The third-order valence-corrected chi connectivity index (χ3v) is 3.45. The van der Waals surface area contributed by atoms with Crippen LogP contribution >= 0.6 is 0 Å². The van der Waals surface area contributed by atoms with Crippen molar-refractivity contribution in [2.75, 3.05) is 5.32 Å². The quantitative estimate of drug-likeness (QED) is 0.852. The molecule has 0 bridgehead atoms. The van der Waals surface area contributed by atoms with Gasteiger partial charge in [0.15, 0.2) is 0 Å². The molecule has 0 unspecified atom stereocenters. The maximum absolute atomic E-state index is 11.1. The molecule has 21 heavy (non-hydrogen) atoms. The van der Waals surface area contributed by atoms with Crippen LogP contribution in [0.5, 0.6) is 0 Å². The number of nitrogens with zero attached hydrogens (tertiary/aromatic N) is 1. The molecule has 0 saturated carbocycles. The number of benzene rings is 1. The molecule has 4 heteroatoms. The van der Waals surface area contributed by atoms with E-state index in [4.69, 9.17) is 5.11 Å². The number of aryl methyl sites for hydroxylation is 2. The Bertz CT molecular complexity index is 638. The largest absolute Gasteiger partial charge is 0.478 e. The van der Waals surface area contributed by atoms with E-state index in [0.29, 0.717) is 18.8 Å². The molecule has 0 spiro atoms. The molecular formula is C17H20N2O2. The lowest BCUT2D eigenvalue weighted by molar-refractivity contribution is 0.0696. The van der Waals surface area contributed by atoms with Crippen molar-refractivity contribution in [1.82, 2.24) is 4.98 Å². The number of pyridine rings is 1. The first-order valence-corrected chi connectivity index (χ1v) is 7.19. The molecule has 4 nitrogen and oxygen atoms in total. The van der Waals surface area contributed by atoms with Gasteiger partial charge in [0.1, 0.15) is 5.82 Å². The summed E-state index contributed by atoms with van der Waals surface area (Å²) in [5, 5.41) is 12.4. The van der Waals surface area contributed by atoms with Crippen LogP contribution in [0.1, 0.15) is 41.0 Å². The van der Waals surface area contributed by atoms with Gasteiger partial charge < -0.3 is 10.4 Å². The average molecular weight is 284 g/mol. The van der Waals surface area contributed by atoms with Crippen molar-refractivity contribution in [1.29, 1.82) is 0 Å². The van der Waals surface area contributed by atoms with Gasteiger partial charge in [-0.25, -0.2) is 9.78 Å². The van der Waals surface area contributed by atoms with Crippen molar-refractivity contribution in [2.24, 2.45) is 0 Å². The van der Waals surface area contributed by atoms with Gasteiger partial charge in [-0.2, -0.15) is 0 Å². The number of nitrogens with one attached hydrogen (secondary N) is 1. The molecule has 0 aliphatic carbocycles. The summed E-state index contributed by atoms with van der Waals surface area (Å²) >= 11 is 0. The minimum atomic E-state index is -0.927. The number of rotatable bonds is 6. The van der Waals surface area contributed by atoms with Crippen molar-refractivity contribution >= 4 is 11.8 Å². The van der Waals surface area contributed by atoms with Gasteiger partial charge in [0, 0.05) is 12.2 Å². The molecule has 0 aliphatic rings. The lowest BCUT2D eigenvalue weighted by Gasteiger charge is -2.11. The zero-order chi connectivity index (χ0) is 15.2. The second-order valence-corrected chi connectivity index (χ2v) is 4.87. The van der Waals surface area contributed by atoms with E-state index in [1.165, 1.54) is 11.1 Å². The Morgan fingerprint density at radius 2 is 1.86 bits per heavy atom. The predicted octanol–water partition coefficient (Wildman–Crippen LogP) is 3.52. The molecule has 1 heterocycles. The molecule has 0 radical (unpaired) electrons. The zero-order valence-corrected chi connectivity index (χ0v) is 12.4. The maximum Gasteiger partial charge on any atom is 0.335 e. The summed E-state index contributed by atoms with van der Waals surface area (Å²) in [4.78, 5) is 15.6. The molecule has 1 aromatic heterocycles. The predicted molar refractivity (Wildman–Crippen MR) is 83.7 cm³/mol. The Labute approximate surface area is 124 Å². The van der Waals surface area contributed by atoms with E-state index in [1.807, 2.05) is 19.1 Å². The Balaban J connectivity index is 2.19. The number of hydrogen-bond donors (Lipinski definition) is 2. The van der Waals surface area contributed by atoms with Crippen LogP contribution in [0.15, 0.2) is 36.4 Å². The van der Waals surface area contributed by atoms with Gasteiger partial charge in [-0.1, -0.05) is 38.1 Å². The number of carboxylic acid groups (broad SMARTS) is 1. The lowest BCUT2D eigenvalue weighted by Crippen LogP contribution is -2.07. The van der Waals surface area contributed by atoms with Crippen LogP contribution in [0, 0.1) is 0 Å². The standard InChI is InChI=1S/C17H20N2O2/c1-3-12-7-5-6-8-13(12)11-18-16-10-14(17(20)21)9-15(4-2)19-16/h5-10H,3-4,11H2,1-2H3,(H,18,19)(H,20,21). The smallest absolute Gasteiger partial charge is 0.335 e. The molecule has 0 saturated heterocycles. The Morgan fingerprint density at radius 3 is 2.48 bits per heavy atom. The Hall–Kier alpha value is -2.36. The third kappa shape index (κ3) is 3.81. The minimum absolute atomic E-state index is 0.271. The average Bonchev–Trinajstić information content (AvgIpc) is 2.52. The first-order valence-electron chi connectivity index (χ1n) is 7.19. The van der Waals surface area contributed by atoms with E-state index in [9.17, 15) is 4.79 Å². The second-order valence-electron chi connectivity index (χ2n) is 4.87. The van der Waals surface area contributed by atoms with Crippen molar-refractivity contribution in [3.8, 4) is 0 Å². The summed E-state index contributed by atoms with van der Waals surface area (Å²) in [6.45, 7) is 4.73. The highest BCUT2D eigenvalue weighted by Gasteiger charge is 2.08. The summed E-state index contributed by atoms with van der Waals surface area (Å²) in [6, 6.07) is 11.4. The summed E-state index contributed by atoms with van der Waals surface area (Å²) in [5.41, 5.74) is 3.55. The second kappa shape index (κ2) is 6.88. The van der Waals surface area contributed by atoms with Crippen LogP contribution in [0.4, 0.5) is 5.82 Å². The first-order chi connectivity index (χ1) is 10.1. The van der Waals surface area contributed by atoms with Gasteiger partial charge in [0.2, 0.25) is 0 Å². The summed E-state index contributed by atoms with van der Waals surface area (Å²) in [7, 11) is 0. The fourth-order valence-electron chi connectivity index (χ4n) is 2.24. The third-order valence-electron chi connectivity index (χ3n) is 3.45. The summed E-state index contributed by atoms with van der Waals surface area (Å²) in [5.74, 6) is -0.318. The fourth-order valence-corrected chi connectivity index (χ4v) is 2.24. The van der Waals surface area contributed by atoms with Gasteiger partial charge in [-0.15, -0.1) is 0 Å². The van der Waals surface area contributed by atoms with E-state index >= 15 is 0 Å². The van der Waals surface area contributed by atoms with Crippen LogP contribution < -0.4 is 5.32 Å². The number of aromatic carboxylic acids is 1. The van der Waals surface area contributed by atoms with Crippen LogP contribution in [0.3, 0.4) is 0 Å². The van der Waals surface area contributed by atoms with Crippen LogP contribution in [0.2, 0.25) is 0 Å². The van der Waals surface area contributed by atoms with E-state index in [0.717, 1.165) is 12.1 Å². The van der Waals surface area contributed by atoms with Crippen LogP contribution in [-0.4, -0.2) is 16.1 Å². The van der Waals surface area contributed by atoms with Gasteiger partial charge in [0.05, 0.1) is 5.56 Å². The van der Waals surface area contributed by atoms with Crippen molar-refractivity contribution in [3.63, 3.8) is 0 Å². The van der Waals surface area contributed by atoms with Gasteiger partial charge in [0.25, 0.3) is 0 Å². The topological polar surface area (TPSA) is 62.2 Å². The summed E-state index contributed by atoms with van der Waals surface area (Å²) < 4.78 is 0. The molecule has 1 aromatic carbocycles. The van der Waals surface area contributed by atoms with Crippen molar-refractivity contribution in [2.45, 2.75) is 33.2 Å². The van der Waals surface area contributed by atoms with E-state index < -0.39 is 5.97 Å². The van der Waals surface area contributed by atoms with Crippen molar-refractivity contribution < 1.29 is 9.90 Å². The maximum atomic E-state index is 11.1. The van der Waals surface area contributed by atoms with Crippen LogP contribution in [-0.2, 0) is 19.4 Å². The number of aromatic nitrogens is 1. The first kappa shape index (κ1) is 15.0. The molecule has 0 atom stereocenters. The number of anilines is 1. The Morgan fingerprint density at radius 1 is 1.14 bits per heavy atom. The fraction of sp³-hybridized carbons (Fsp3) is 0.294. The van der Waals surface area contributed by atoms with E-state index in [2.05, 4.69) is 29.4 Å². The van der Waals surface area contributed by atoms with Crippen molar-refractivity contribution in [3.05, 3.63) is 58.8 Å². The normalized spacial score (nSPS) is 10.4. The van der Waals surface area contributed by atoms with Gasteiger partial charge in [-0.05, 0) is 36.1 Å². The highest BCUT2D eigenvalue weighted by atomic mass is 16.4. The number of hydrogen-bond acceptors (Lipinski definition) is 3. The molecule has 110 valence electrons. The highest BCUT2D eigenvalue weighted by molar-refractivity contribution is 5.88. The molecule has 2 rings (SSSR count). The molecule has 2 aromatic rings. The van der Waals surface area contributed by atoms with E-state index in [-0.39, 0.29) is 5.56 Å².